The lowest BCUT2D eigenvalue weighted by Crippen LogP contribution is -2.14. The molecule has 0 aliphatic heterocycles. The molecule has 0 amide bonds. The second kappa shape index (κ2) is 4.26. The van der Waals surface area contributed by atoms with Gasteiger partial charge in [0.2, 0.25) is 5.95 Å². The molecule has 1 aromatic carbocycles. The van der Waals surface area contributed by atoms with E-state index in [1.165, 1.54) is 0 Å². The third-order valence-electron chi connectivity index (χ3n) is 2.17. The quantitative estimate of drug-likeness (QED) is 0.765. The van der Waals surface area contributed by atoms with Gasteiger partial charge in [0, 0.05) is 19.7 Å². The van der Waals surface area contributed by atoms with Crippen LogP contribution in [0.3, 0.4) is 0 Å². The Morgan fingerprint density at radius 2 is 1.62 bits per heavy atom. The summed E-state index contributed by atoms with van der Waals surface area (Å²) in [5.41, 5.74) is 1.01. The number of benzene rings is 1. The summed E-state index contributed by atoms with van der Waals surface area (Å²) in [6.07, 6.45) is 0. The third-order valence-corrected chi connectivity index (χ3v) is 2.17. The summed E-state index contributed by atoms with van der Waals surface area (Å²) in [6.45, 7) is 1.88. The number of hydrogen-bond donors (Lipinski definition) is 0. The summed E-state index contributed by atoms with van der Waals surface area (Å²) in [4.78, 5) is 14.9. The van der Waals surface area contributed by atoms with Gasteiger partial charge in [-0.2, -0.15) is 9.97 Å². The van der Waals surface area contributed by atoms with Crippen molar-refractivity contribution in [3.05, 3.63) is 36.2 Å². The molecule has 0 atom stereocenters. The summed E-state index contributed by atoms with van der Waals surface area (Å²) >= 11 is 0. The Balaban J connectivity index is 2.50. The van der Waals surface area contributed by atoms with Gasteiger partial charge in [-0.25, -0.2) is 4.98 Å². The molecule has 82 valence electrons. The van der Waals surface area contributed by atoms with Gasteiger partial charge in [-0.15, -0.1) is 0 Å². The first-order chi connectivity index (χ1) is 7.66. The van der Waals surface area contributed by atoms with Crippen molar-refractivity contribution in [2.24, 2.45) is 0 Å². The molecule has 4 nitrogen and oxygen atoms in total. The average molecular weight is 214 g/mol. The van der Waals surface area contributed by atoms with Crippen LogP contribution in [0, 0.1) is 6.92 Å². The first kappa shape index (κ1) is 10.5. The molecular formula is C12H14N4. The number of anilines is 1. The van der Waals surface area contributed by atoms with E-state index in [1.54, 1.807) is 0 Å². The smallest absolute Gasteiger partial charge is 0.228 e. The first-order valence-corrected chi connectivity index (χ1v) is 5.12. The normalized spacial score (nSPS) is 10.2. The molecule has 0 saturated carbocycles. The van der Waals surface area contributed by atoms with E-state index in [9.17, 15) is 0 Å². The summed E-state index contributed by atoms with van der Waals surface area (Å²) < 4.78 is 0. The minimum Gasteiger partial charge on any atom is -0.347 e. The van der Waals surface area contributed by atoms with Crippen LogP contribution >= 0.6 is 0 Å². The molecule has 0 fully saturated rings. The highest BCUT2D eigenvalue weighted by Crippen LogP contribution is 2.16. The Bertz CT molecular complexity index is 480. The monoisotopic (exact) mass is 214 g/mol. The topological polar surface area (TPSA) is 41.9 Å². The summed E-state index contributed by atoms with van der Waals surface area (Å²) in [7, 11) is 3.84. The maximum atomic E-state index is 4.41. The van der Waals surface area contributed by atoms with Crippen LogP contribution in [-0.4, -0.2) is 29.0 Å². The van der Waals surface area contributed by atoms with Gasteiger partial charge in [-0.3, -0.25) is 0 Å². The second-order valence-corrected chi connectivity index (χ2v) is 3.77. The minimum absolute atomic E-state index is 0.686. The van der Waals surface area contributed by atoms with Crippen LogP contribution < -0.4 is 4.90 Å². The Morgan fingerprint density at radius 3 is 2.25 bits per heavy atom. The van der Waals surface area contributed by atoms with E-state index >= 15 is 0 Å². The summed E-state index contributed by atoms with van der Waals surface area (Å²) in [5, 5.41) is 0. The lowest BCUT2D eigenvalue weighted by molar-refractivity contribution is 0.923. The van der Waals surface area contributed by atoms with Crippen molar-refractivity contribution in [1.29, 1.82) is 0 Å². The van der Waals surface area contributed by atoms with E-state index in [0.717, 1.165) is 17.2 Å². The van der Waals surface area contributed by atoms with Gasteiger partial charge in [0.15, 0.2) is 5.82 Å². The second-order valence-electron chi connectivity index (χ2n) is 3.77. The number of hydrogen-bond acceptors (Lipinski definition) is 4. The molecule has 0 aliphatic rings. The number of aryl methyl sites for hydroxylation is 1. The van der Waals surface area contributed by atoms with Crippen LogP contribution in [0.5, 0.6) is 0 Å². The molecule has 4 heteroatoms. The highest BCUT2D eigenvalue weighted by Gasteiger charge is 2.06. The summed E-state index contributed by atoms with van der Waals surface area (Å²) in [5.74, 6) is 2.14. The van der Waals surface area contributed by atoms with E-state index in [0.29, 0.717) is 5.95 Å². The van der Waals surface area contributed by atoms with Crippen LogP contribution in [0.2, 0.25) is 0 Å². The van der Waals surface area contributed by atoms with Gasteiger partial charge >= 0.3 is 0 Å². The SMILES string of the molecule is Cc1nc(-c2ccccc2)nc(N(C)C)n1. The Kier molecular flexibility index (Phi) is 2.81. The molecule has 0 spiro atoms. The maximum Gasteiger partial charge on any atom is 0.228 e. The van der Waals surface area contributed by atoms with Gasteiger partial charge in [-0.05, 0) is 6.92 Å². The van der Waals surface area contributed by atoms with Crippen molar-refractivity contribution in [1.82, 2.24) is 15.0 Å². The fourth-order valence-corrected chi connectivity index (χ4v) is 1.38. The highest BCUT2D eigenvalue weighted by molar-refractivity contribution is 5.55. The molecule has 0 radical (unpaired) electrons. The van der Waals surface area contributed by atoms with Crippen LogP contribution in [0.15, 0.2) is 30.3 Å². The lowest BCUT2D eigenvalue weighted by Gasteiger charge is -2.11. The zero-order valence-corrected chi connectivity index (χ0v) is 9.68. The van der Waals surface area contributed by atoms with Crippen LogP contribution in [0.1, 0.15) is 5.82 Å². The molecule has 1 aromatic heterocycles. The van der Waals surface area contributed by atoms with E-state index < -0.39 is 0 Å². The fraction of sp³-hybridized carbons (Fsp3) is 0.250. The van der Waals surface area contributed by atoms with E-state index in [4.69, 9.17) is 0 Å². The fourth-order valence-electron chi connectivity index (χ4n) is 1.38. The molecular weight excluding hydrogens is 200 g/mol. The lowest BCUT2D eigenvalue weighted by atomic mass is 10.2. The molecule has 0 aliphatic carbocycles. The predicted octanol–water partition coefficient (Wildman–Crippen LogP) is 1.91. The van der Waals surface area contributed by atoms with E-state index in [1.807, 2.05) is 56.3 Å². The van der Waals surface area contributed by atoms with Crippen molar-refractivity contribution in [3.8, 4) is 11.4 Å². The molecule has 0 bridgehead atoms. The van der Waals surface area contributed by atoms with Gasteiger partial charge < -0.3 is 4.90 Å². The average Bonchev–Trinajstić information content (AvgIpc) is 2.29. The molecule has 2 rings (SSSR count). The van der Waals surface area contributed by atoms with Crippen molar-refractivity contribution < 1.29 is 0 Å². The first-order valence-electron chi connectivity index (χ1n) is 5.12. The third kappa shape index (κ3) is 2.16. The Labute approximate surface area is 95.0 Å². The number of aromatic nitrogens is 3. The zero-order valence-electron chi connectivity index (χ0n) is 9.68. The minimum atomic E-state index is 0.686. The Hall–Kier alpha value is -1.97. The predicted molar refractivity (Wildman–Crippen MR) is 64.3 cm³/mol. The molecule has 1 heterocycles. The van der Waals surface area contributed by atoms with Crippen molar-refractivity contribution in [2.45, 2.75) is 6.92 Å². The van der Waals surface area contributed by atoms with Gasteiger partial charge in [0.05, 0.1) is 0 Å². The highest BCUT2D eigenvalue weighted by atomic mass is 15.2. The maximum absolute atomic E-state index is 4.41. The zero-order chi connectivity index (χ0) is 11.5. The van der Waals surface area contributed by atoms with Crippen LogP contribution in [0.4, 0.5) is 5.95 Å². The number of nitrogens with zero attached hydrogens (tertiary/aromatic N) is 4. The van der Waals surface area contributed by atoms with Crippen molar-refractivity contribution >= 4 is 5.95 Å². The van der Waals surface area contributed by atoms with Crippen LogP contribution in [0.25, 0.3) is 11.4 Å². The van der Waals surface area contributed by atoms with Gasteiger partial charge in [0.25, 0.3) is 0 Å². The van der Waals surface area contributed by atoms with Crippen molar-refractivity contribution in [3.63, 3.8) is 0 Å². The molecule has 2 aromatic rings. The van der Waals surface area contributed by atoms with Crippen molar-refractivity contribution in [2.75, 3.05) is 19.0 Å². The molecule has 0 saturated heterocycles. The molecule has 0 unspecified atom stereocenters. The van der Waals surface area contributed by atoms with E-state index in [-0.39, 0.29) is 0 Å². The molecule has 16 heavy (non-hydrogen) atoms. The largest absolute Gasteiger partial charge is 0.347 e. The van der Waals surface area contributed by atoms with E-state index in [2.05, 4.69) is 15.0 Å². The Morgan fingerprint density at radius 1 is 0.938 bits per heavy atom. The molecule has 0 N–H and O–H groups in total. The standard InChI is InChI=1S/C12H14N4/c1-9-13-11(10-7-5-4-6-8-10)15-12(14-9)16(2)3/h4-8H,1-3H3. The number of rotatable bonds is 2. The van der Waals surface area contributed by atoms with Crippen LogP contribution in [-0.2, 0) is 0 Å². The van der Waals surface area contributed by atoms with Gasteiger partial charge in [0.1, 0.15) is 5.82 Å². The summed E-state index contributed by atoms with van der Waals surface area (Å²) in [6, 6.07) is 9.92. The van der Waals surface area contributed by atoms with Gasteiger partial charge in [-0.1, -0.05) is 30.3 Å².